The van der Waals surface area contributed by atoms with Crippen molar-refractivity contribution in [1.82, 2.24) is 10.2 Å². The topological polar surface area (TPSA) is 50.8 Å². The van der Waals surface area contributed by atoms with Gasteiger partial charge in [-0.3, -0.25) is 4.79 Å². The molecule has 4 atom stereocenters. The van der Waals surface area contributed by atoms with Crippen molar-refractivity contribution in [1.29, 1.82) is 0 Å². The Balaban J connectivity index is 0.00000161. The molecule has 0 aromatic heterocycles. The van der Waals surface area contributed by atoms with Gasteiger partial charge in [0.25, 0.3) is 5.91 Å². The number of amides is 1. The fourth-order valence-corrected chi connectivity index (χ4v) is 3.54. The van der Waals surface area contributed by atoms with Crippen molar-refractivity contribution in [2.45, 2.75) is 63.3 Å². The molecule has 5 nitrogen and oxygen atoms in total. The second kappa shape index (κ2) is 7.77. The molecule has 122 valence electrons. The number of carbonyl (C=O) groups excluding carboxylic acids is 1. The number of nitrogens with zero attached hydrogens (tertiary/aromatic N) is 1. The van der Waals surface area contributed by atoms with Gasteiger partial charge < -0.3 is 19.7 Å². The molecule has 3 rings (SSSR count). The highest BCUT2D eigenvalue weighted by molar-refractivity contribution is 5.85. The van der Waals surface area contributed by atoms with E-state index < -0.39 is 0 Å². The minimum absolute atomic E-state index is 0. The van der Waals surface area contributed by atoms with Crippen LogP contribution in [-0.4, -0.2) is 61.4 Å². The zero-order valence-corrected chi connectivity index (χ0v) is 13.6. The summed E-state index contributed by atoms with van der Waals surface area (Å²) in [6, 6.07) is 0.966. The molecule has 0 aromatic carbocycles. The largest absolute Gasteiger partial charge is 0.376 e. The van der Waals surface area contributed by atoms with Crippen molar-refractivity contribution in [2.75, 3.05) is 26.3 Å². The first-order valence-corrected chi connectivity index (χ1v) is 8.00. The first kappa shape index (κ1) is 17.0. The van der Waals surface area contributed by atoms with Crippen LogP contribution in [0.4, 0.5) is 0 Å². The number of hydrogen-bond acceptors (Lipinski definition) is 4. The molecule has 0 saturated carbocycles. The maximum Gasteiger partial charge on any atom is 0.251 e. The van der Waals surface area contributed by atoms with Crippen molar-refractivity contribution in [3.8, 4) is 0 Å². The Labute approximate surface area is 133 Å². The van der Waals surface area contributed by atoms with Crippen LogP contribution in [0, 0.1) is 0 Å². The smallest absolute Gasteiger partial charge is 0.251 e. The molecule has 1 N–H and O–H groups in total. The van der Waals surface area contributed by atoms with Gasteiger partial charge in [0.2, 0.25) is 0 Å². The molecular weight excluding hydrogens is 292 g/mol. The van der Waals surface area contributed by atoms with Gasteiger partial charge in [0, 0.05) is 31.8 Å². The number of fused-ring (bicyclic) bond motifs is 2. The lowest BCUT2D eigenvalue weighted by atomic mass is 9.94. The predicted octanol–water partition coefficient (Wildman–Crippen LogP) is 1.35. The number of piperidine rings is 1. The Bertz CT molecular complexity index is 338. The third-order valence-corrected chi connectivity index (χ3v) is 4.67. The van der Waals surface area contributed by atoms with Gasteiger partial charge in [-0.2, -0.15) is 0 Å². The number of hydrogen-bond donors (Lipinski definition) is 1. The summed E-state index contributed by atoms with van der Waals surface area (Å²) < 4.78 is 11.3. The maximum atomic E-state index is 12.5. The molecule has 1 amide bonds. The molecule has 0 aliphatic carbocycles. The van der Waals surface area contributed by atoms with Gasteiger partial charge in [-0.25, -0.2) is 0 Å². The molecule has 21 heavy (non-hydrogen) atoms. The van der Waals surface area contributed by atoms with Crippen molar-refractivity contribution in [2.24, 2.45) is 0 Å². The summed E-state index contributed by atoms with van der Waals surface area (Å²) in [6.07, 6.45) is 5.66. The molecule has 3 saturated heterocycles. The Hall–Kier alpha value is -0.360. The van der Waals surface area contributed by atoms with Gasteiger partial charge in [0.15, 0.2) is 0 Å². The van der Waals surface area contributed by atoms with Crippen LogP contribution in [0.15, 0.2) is 0 Å². The molecule has 3 aliphatic heterocycles. The van der Waals surface area contributed by atoms with E-state index in [0.717, 1.165) is 32.5 Å². The average molecular weight is 319 g/mol. The van der Waals surface area contributed by atoms with E-state index in [1.54, 1.807) is 0 Å². The number of carbonyl (C=O) groups is 1. The van der Waals surface area contributed by atoms with E-state index in [1.807, 2.05) is 11.8 Å². The van der Waals surface area contributed by atoms with E-state index in [-0.39, 0.29) is 30.5 Å². The van der Waals surface area contributed by atoms with Crippen molar-refractivity contribution in [3.63, 3.8) is 0 Å². The molecule has 3 heterocycles. The van der Waals surface area contributed by atoms with E-state index >= 15 is 0 Å². The van der Waals surface area contributed by atoms with E-state index in [0.29, 0.717) is 18.7 Å². The van der Waals surface area contributed by atoms with Gasteiger partial charge >= 0.3 is 0 Å². The van der Waals surface area contributed by atoms with Gasteiger partial charge in [-0.1, -0.05) is 6.42 Å². The van der Waals surface area contributed by atoms with Crippen molar-refractivity contribution < 1.29 is 14.3 Å². The first-order valence-electron chi connectivity index (χ1n) is 8.00. The fourth-order valence-electron chi connectivity index (χ4n) is 3.54. The average Bonchev–Trinajstić information content (AvgIpc) is 2.96. The third kappa shape index (κ3) is 4.31. The molecule has 3 fully saturated rings. The van der Waals surface area contributed by atoms with Crippen LogP contribution in [0.5, 0.6) is 0 Å². The van der Waals surface area contributed by atoms with Gasteiger partial charge in [-0.15, -0.1) is 12.4 Å². The number of ether oxygens (including phenoxy) is 2. The zero-order valence-electron chi connectivity index (χ0n) is 12.8. The van der Waals surface area contributed by atoms with E-state index in [1.165, 1.54) is 19.3 Å². The summed E-state index contributed by atoms with van der Waals surface area (Å²) in [6.45, 7) is 4.92. The highest BCUT2D eigenvalue weighted by Crippen LogP contribution is 2.20. The van der Waals surface area contributed by atoms with Crippen LogP contribution in [0.2, 0.25) is 0 Å². The third-order valence-electron chi connectivity index (χ3n) is 4.67. The first-order chi connectivity index (χ1) is 9.72. The molecule has 0 aromatic rings. The second-order valence-corrected chi connectivity index (χ2v) is 6.35. The normalized spacial score (nSPS) is 33.4. The highest BCUT2D eigenvalue weighted by Gasteiger charge is 2.34. The fraction of sp³-hybridized carbons (Fsp3) is 0.933. The number of halogens is 1. The molecular formula is C15H27ClN2O3. The van der Waals surface area contributed by atoms with Crippen LogP contribution in [0.1, 0.15) is 39.0 Å². The summed E-state index contributed by atoms with van der Waals surface area (Å²) in [7, 11) is 0. The molecule has 6 heteroatoms. The highest BCUT2D eigenvalue weighted by atomic mass is 35.5. The van der Waals surface area contributed by atoms with Crippen LogP contribution in [0.3, 0.4) is 0 Å². The monoisotopic (exact) mass is 318 g/mol. The second-order valence-electron chi connectivity index (χ2n) is 6.35. The summed E-state index contributed by atoms with van der Waals surface area (Å²) in [4.78, 5) is 14.5. The summed E-state index contributed by atoms with van der Waals surface area (Å²) in [5.74, 6) is 0.140. The quantitative estimate of drug-likeness (QED) is 0.850. The maximum absolute atomic E-state index is 12.5. The van der Waals surface area contributed by atoms with Gasteiger partial charge in [0.05, 0.1) is 12.7 Å². The summed E-state index contributed by atoms with van der Waals surface area (Å²) in [5.41, 5.74) is 0. The molecule has 3 aliphatic rings. The Morgan fingerprint density at radius 3 is 2.62 bits per heavy atom. The number of nitrogens with one attached hydrogen (secondary N) is 1. The van der Waals surface area contributed by atoms with Crippen LogP contribution in [0.25, 0.3) is 0 Å². The molecule has 2 bridgehead atoms. The Morgan fingerprint density at radius 2 is 2.00 bits per heavy atom. The lowest BCUT2D eigenvalue weighted by molar-refractivity contribution is -0.147. The van der Waals surface area contributed by atoms with E-state index in [2.05, 4.69) is 5.32 Å². The number of piperazine rings is 1. The molecule has 0 spiro atoms. The number of rotatable bonds is 4. The van der Waals surface area contributed by atoms with Crippen molar-refractivity contribution >= 4 is 18.3 Å². The molecule has 0 radical (unpaired) electrons. The van der Waals surface area contributed by atoms with Crippen LogP contribution < -0.4 is 5.32 Å². The summed E-state index contributed by atoms with van der Waals surface area (Å²) >= 11 is 0. The Morgan fingerprint density at radius 1 is 1.29 bits per heavy atom. The zero-order chi connectivity index (χ0) is 13.9. The molecule has 4 unspecified atom stereocenters. The van der Waals surface area contributed by atoms with Gasteiger partial charge in [-0.05, 0) is 32.6 Å². The van der Waals surface area contributed by atoms with Crippen LogP contribution >= 0.6 is 12.4 Å². The summed E-state index contributed by atoms with van der Waals surface area (Å²) in [5, 5.41) is 3.60. The van der Waals surface area contributed by atoms with Gasteiger partial charge in [0.1, 0.15) is 6.10 Å². The Kier molecular flexibility index (Phi) is 6.29. The standard InChI is InChI=1S/C15H26N2O3.ClH/c1-11(20-10-14-6-3-7-19-14)15(18)17-8-12-4-2-5-13(9-17)16-12;/h11-14,16H,2-10H2,1H3;1H. The lowest BCUT2D eigenvalue weighted by Gasteiger charge is -2.43. The number of likely N-dealkylation sites (tertiary alicyclic amines) is 1. The SMILES string of the molecule is CC(OCC1CCCO1)C(=O)N1CC2CCCC(C1)N2.Cl. The van der Waals surface area contributed by atoms with E-state index in [9.17, 15) is 4.79 Å². The lowest BCUT2D eigenvalue weighted by Crippen LogP contribution is -2.61. The van der Waals surface area contributed by atoms with Crippen molar-refractivity contribution in [3.05, 3.63) is 0 Å². The minimum atomic E-state index is -0.349. The van der Waals surface area contributed by atoms with E-state index in [4.69, 9.17) is 9.47 Å². The van der Waals surface area contributed by atoms with Crippen LogP contribution in [-0.2, 0) is 14.3 Å². The predicted molar refractivity (Wildman–Crippen MR) is 82.8 cm³/mol. The minimum Gasteiger partial charge on any atom is -0.376 e.